The number of amides is 2. The molecule has 3 rings (SSSR count). The van der Waals surface area contributed by atoms with Crippen LogP contribution in [0.25, 0.3) is 0 Å². The molecule has 1 aromatic rings. The molecule has 2 aliphatic rings. The number of nitrogens with two attached hydrogens (primary N) is 1. The van der Waals surface area contributed by atoms with Gasteiger partial charge in [0.2, 0.25) is 5.91 Å². The first-order valence-corrected chi connectivity index (χ1v) is 9.68. The van der Waals surface area contributed by atoms with Crippen LogP contribution >= 0.6 is 11.8 Å². The van der Waals surface area contributed by atoms with Gasteiger partial charge in [-0.1, -0.05) is 12.1 Å². The molecule has 0 aromatic heterocycles. The van der Waals surface area contributed by atoms with Crippen LogP contribution in [0.15, 0.2) is 29.2 Å². The summed E-state index contributed by atoms with van der Waals surface area (Å²) in [6.45, 7) is 2.20. The summed E-state index contributed by atoms with van der Waals surface area (Å²) in [5.74, 6) is 0.975. The first kappa shape index (κ1) is 17.3. The summed E-state index contributed by atoms with van der Waals surface area (Å²) < 4.78 is 0. The zero-order chi connectivity index (χ0) is 16.9. The fourth-order valence-corrected chi connectivity index (χ4v) is 4.04. The summed E-state index contributed by atoms with van der Waals surface area (Å²) in [4.78, 5) is 27.6. The van der Waals surface area contributed by atoms with Gasteiger partial charge in [-0.3, -0.25) is 9.59 Å². The van der Waals surface area contributed by atoms with Crippen molar-refractivity contribution in [1.82, 2.24) is 10.2 Å². The molecule has 1 aliphatic heterocycles. The van der Waals surface area contributed by atoms with Crippen LogP contribution < -0.4 is 11.1 Å². The number of carbonyl (C=O) groups excluding carboxylic acids is 2. The van der Waals surface area contributed by atoms with E-state index in [2.05, 4.69) is 5.32 Å². The number of hydrogen-bond donors (Lipinski definition) is 2. The van der Waals surface area contributed by atoms with Gasteiger partial charge in [-0.05, 0) is 43.7 Å². The summed E-state index contributed by atoms with van der Waals surface area (Å²) >= 11 is 1.45. The molecule has 1 saturated heterocycles. The number of nitrogens with zero attached hydrogens (tertiary/aromatic N) is 1. The first-order valence-electron chi connectivity index (χ1n) is 8.69. The molecule has 1 saturated carbocycles. The maximum Gasteiger partial charge on any atom is 0.252 e. The van der Waals surface area contributed by atoms with Crippen molar-refractivity contribution < 1.29 is 9.59 Å². The molecule has 6 heteroatoms. The summed E-state index contributed by atoms with van der Waals surface area (Å²) in [5, 5.41) is 3.06. The van der Waals surface area contributed by atoms with Gasteiger partial charge < -0.3 is 16.0 Å². The zero-order valence-corrected chi connectivity index (χ0v) is 14.7. The molecule has 2 fully saturated rings. The predicted molar refractivity (Wildman–Crippen MR) is 96.0 cm³/mol. The highest BCUT2D eigenvalue weighted by Gasteiger charge is 2.31. The number of rotatable bonds is 7. The number of nitrogens with one attached hydrogen (secondary N) is 1. The second-order valence-electron chi connectivity index (χ2n) is 6.53. The van der Waals surface area contributed by atoms with Gasteiger partial charge in [0.25, 0.3) is 5.91 Å². The Bertz CT molecular complexity index is 598. The van der Waals surface area contributed by atoms with E-state index in [0.717, 1.165) is 43.7 Å². The first-order chi connectivity index (χ1) is 11.7. The third-order valence-electron chi connectivity index (χ3n) is 4.70. The molecular formula is C18H25N3O2S. The Morgan fingerprint density at radius 3 is 2.62 bits per heavy atom. The molecule has 0 bridgehead atoms. The van der Waals surface area contributed by atoms with E-state index in [0.29, 0.717) is 23.8 Å². The number of likely N-dealkylation sites (tertiary alicyclic amines) is 1. The minimum Gasteiger partial charge on any atom is -0.348 e. The van der Waals surface area contributed by atoms with Gasteiger partial charge in [0.1, 0.15) is 0 Å². The Morgan fingerprint density at radius 2 is 1.96 bits per heavy atom. The average molecular weight is 347 g/mol. The van der Waals surface area contributed by atoms with Crippen molar-refractivity contribution in [2.45, 2.75) is 36.6 Å². The highest BCUT2D eigenvalue weighted by molar-refractivity contribution is 8.00. The lowest BCUT2D eigenvalue weighted by Crippen LogP contribution is -2.41. The molecule has 1 heterocycles. The summed E-state index contributed by atoms with van der Waals surface area (Å²) in [5.41, 5.74) is 6.41. The van der Waals surface area contributed by atoms with E-state index in [9.17, 15) is 9.59 Å². The van der Waals surface area contributed by atoms with Crippen molar-refractivity contribution in [2.24, 2.45) is 11.7 Å². The maximum absolute atomic E-state index is 12.6. The van der Waals surface area contributed by atoms with E-state index in [1.807, 2.05) is 29.2 Å². The van der Waals surface area contributed by atoms with Crippen LogP contribution in [0.4, 0.5) is 0 Å². The molecule has 130 valence electrons. The van der Waals surface area contributed by atoms with Crippen molar-refractivity contribution in [1.29, 1.82) is 0 Å². The molecule has 1 aliphatic carbocycles. The quantitative estimate of drug-likeness (QED) is 0.739. The second kappa shape index (κ2) is 8.03. The molecule has 0 spiro atoms. The number of hydrogen-bond acceptors (Lipinski definition) is 4. The van der Waals surface area contributed by atoms with Crippen LogP contribution in [0.2, 0.25) is 0 Å². The molecule has 1 atom stereocenters. The predicted octanol–water partition coefficient (Wildman–Crippen LogP) is 1.87. The van der Waals surface area contributed by atoms with Crippen LogP contribution in [-0.2, 0) is 4.79 Å². The standard InChI is InChI=1S/C18H25N3O2S/c19-11-15(13-7-8-13)20-18(23)14-5-1-2-6-16(14)24-12-17(22)21-9-3-4-10-21/h1-2,5-6,13,15H,3-4,7-12,19H2,(H,20,23). The van der Waals surface area contributed by atoms with E-state index < -0.39 is 0 Å². The normalized spacial score (nSPS) is 18.5. The summed E-state index contributed by atoms with van der Waals surface area (Å²) in [7, 11) is 0. The van der Waals surface area contributed by atoms with Gasteiger partial charge in [-0.15, -0.1) is 11.8 Å². The van der Waals surface area contributed by atoms with Gasteiger partial charge >= 0.3 is 0 Å². The minimum atomic E-state index is -0.0888. The van der Waals surface area contributed by atoms with Crippen LogP contribution in [0.3, 0.4) is 0 Å². The lowest BCUT2D eigenvalue weighted by Gasteiger charge is -2.18. The summed E-state index contributed by atoms with van der Waals surface area (Å²) in [6, 6.07) is 7.54. The third kappa shape index (κ3) is 4.30. The van der Waals surface area contributed by atoms with Gasteiger partial charge in [0, 0.05) is 30.6 Å². The van der Waals surface area contributed by atoms with Gasteiger partial charge in [0.05, 0.1) is 11.3 Å². The van der Waals surface area contributed by atoms with Gasteiger partial charge in [-0.25, -0.2) is 0 Å². The number of benzene rings is 1. The second-order valence-corrected chi connectivity index (χ2v) is 7.54. The highest BCUT2D eigenvalue weighted by Crippen LogP contribution is 2.32. The topological polar surface area (TPSA) is 75.4 Å². The van der Waals surface area contributed by atoms with Crippen LogP contribution in [0.1, 0.15) is 36.0 Å². The van der Waals surface area contributed by atoms with Crippen molar-refractivity contribution in [3.63, 3.8) is 0 Å². The lowest BCUT2D eigenvalue weighted by molar-refractivity contribution is -0.127. The molecule has 3 N–H and O–H groups in total. The van der Waals surface area contributed by atoms with Crippen LogP contribution in [0.5, 0.6) is 0 Å². The Morgan fingerprint density at radius 1 is 1.25 bits per heavy atom. The molecule has 24 heavy (non-hydrogen) atoms. The number of carbonyl (C=O) groups is 2. The summed E-state index contributed by atoms with van der Waals surface area (Å²) in [6.07, 6.45) is 4.47. The van der Waals surface area contributed by atoms with Crippen molar-refractivity contribution in [3.8, 4) is 0 Å². The lowest BCUT2D eigenvalue weighted by atomic mass is 10.1. The van der Waals surface area contributed by atoms with E-state index in [1.165, 1.54) is 11.8 Å². The highest BCUT2D eigenvalue weighted by atomic mass is 32.2. The van der Waals surface area contributed by atoms with E-state index in [-0.39, 0.29) is 17.9 Å². The van der Waals surface area contributed by atoms with E-state index in [4.69, 9.17) is 5.73 Å². The fraction of sp³-hybridized carbons (Fsp3) is 0.556. The molecule has 2 amide bonds. The molecule has 1 unspecified atom stereocenters. The largest absolute Gasteiger partial charge is 0.348 e. The molecule has 1 aromatic carbocycles. The smallest absolute Gasteiger partial charge is 0.252 e. The van der Waals surface area contributed by atoms with E-state index >= 15 is 0 Å². The SMILES string of the molecule is NCC(NC(=O)c1ccccc1SCC(=O)N1CCCC1)C1CC1. The zero-order valence-electron chi connectivity index (χ0n) is 13.9. The monoisotopic (exact) mass is 347 g/mol. The maximum atomic E-state index is 12.6. The third-order valence-corrected chi connectivity index (χ3v) is 5.76. The molecule has 5 nitrogen and oxygen atoms in total. The fourth-order valence-electron chi connectivity index (χ4n) is 3.09. The Labute approximate surface area is 147 Å². The van der Waals surface area contributed by atoms with E-state index in [1.54, 1.807) is 0 Å². The van der Waals surface area contributed by atoms with Crippen LogP contribution in [-0.4, -0.2) is 48.1 Å². The Balaban J connectivity index is 1.61. The van der Waals surface area contributed by atoms with Gasteiger partial charge in [0.15, 0.2) is 0 Å². The number of thioether (sulfide) groups is 1. The average Bonchev–Trinajstić information content (AvgIpc) is 3.30. The Kier molecular flexibility index (Phi) is 5.79. The molecular weight excluding hydrogens is 322 g/mol. The molecule has 0 radical (unpaired) electrons. The van der Waals surface area contributed by atoms with Gasteiger partial charge in [-0.2, -0.15) is 0 Å². The minimum absolute atomic E-state index is 0.0572. The van der Waals surface area contributed by atoms with Crippen molar-refractivity contribution >= 4 is 23.6 Å². The van der Waals surface area contributed by atoms with Crippen LogP contribution in [0, 0.1) is 5.92 Å². The Hall–Kier alpha value is -1.53. The van der Waals surface area contributed by atoms with Crippen molar-refractivity contribution in [2.75, 3.05) is 25.4 Å². The van der Waals surface area contributed by atoms with Crippen molar-refractivity contribution in [3.05, 3.63) is 29.8 Å².